The van der Waals surface area contributed by atoms with Crippen molar-refractivity contribution in [3.05, 3.63) is 0 Å². The lowest BCUT2D eigenvalue weighted by Crippen LogP contribution is -2.49. The van der Waals surface area contributed by atoms with E-state index >= 15 is 0 Å². The molecule has 1 saturated heterocycles. The highest BCUT2D eigenvalue weighted by Crippen LogP contribution is 2.19. The molecule has 0 aromatic heterocycles. The molecular formula is C15H30N4. The first-order valence-corrected chi connectivity index (χ1v) is 8.04. The van der Waals surface area contributed by atoms with Crippen LogP contribution in [0.15, 0.2) is 4.99 Å². The summed E-state index contributed by atoms with van der Waals surface area (Å²) in [5.41, 5.74) is 0. The molecular weight excluding hydrogens is 236 g/mol. The SMILES string of the molecule is CCCCN1CCCCC1CNC(=NC)NC1CC1. The number of likely N-dealkylation sites (tertiary alicyclic amines) is 1. The topological polar surface area (TPSA) is 39.7 Å². The molecule has 1 saturated carbocycles. The number of hydrogen-bond acceptors (Lipinski definition) is 2. The first-order valence-electron chi connectivity index (χ1n) is 8.04. The zero-order valence-electron chi connectivity index (χ0n) is 12.6. The molecule has 19 heavy (non-hydrogen) atoms. The number of aliphatic imine (C=N–C) groups is 1. The van der Waals surface area contributed by atoms with Crippen LogP contribution in [0.4, 0.5) is 0 Å². The highest BCUT2D eigenvalue weighted by molar-refractivity contribution is 5.80. The van der Waals surface area contributed by atoms with Gasteiger partial charge in [-0.3, -0.25) is 9.89 Å². The molecule has 1 atom stereocenters. The van der Waals surface area contributed by atoms with Crippen molar-refractivity contribution in [2.45, 2.75) is 64.0 Å². The van der Waals surface area contributed by atoms with E-state index in [1.165, 1.54) is 58.0 Å². The van der Waals surface area contributed by atoms with E-state index in [2.05, 4.69) is 27.4 Å². The number of unbranched alkanes of at least 4 members (excludes halogenated alkanes) is 1. The number of hydrogen-bond donors (Lipinski definition) is 2. The largest absolute Gasteiger partial charge is 0.355 e. The summed E-state index contributed by atoms with van der Waals surface area (Å²) in [7, 11) is 1.87. The molecule has 0 bridgehead atoms. The third-order valence-corrected chi connectivity index (χ3v) is 4.19. The first-order chi connectivity index (χ1) is 9.33. The Morgan fingerprint density at radius 3 is 2.79 bits per heavy atom. The molecule has 110 valence electrons. The number of nitrogens with zero attached hydrogens (tertiary/aromatic N) is 2. The average molecular weight is 266 g/mol. The summed E-state index contributed by atoms with van der Waals surface area (Å²) in [5, 5.41) is 6.97. The van der Waals surface area contributed by atoms with Crippen molar-refractivity contribution in [3.63, 3.8) is 0 Å². The fourth-order valence-corrected chi connectivity index (χ4v) is 2.78. The fraction of sp³-hybridized carbons (Fsp3) is 0.933. The number of nitrogens with one attached hydrogen (secondary N) is 2. The van der Waals surface area contributed by atoms with Crippen LogP contribution < -0.4 is 10.6 Å². The van der Waals surface area contributed by atoms with Crippen LogP contribution in [-0.4, -0.2) is 49.6 Å². The van der Waals surface area contributed by atoms with E-state index in [1.54, 1.807) is 0 Å². The molecule has 2 N–H and O–H groups in total. The van der Waals surface area contributed by atoms with E-state index in [9.17, 15) is 0 Å². The Morgan fingerprint density at radius 2 is 2.11 bits per heavy atom. The van der Waals surface area contributed by atoms with Crippen LogP contribution in [0.2, 0.25) is 0 Å². The van der Waals surface area contributed by atoms with Crippen LogP contribution >= 0.6 is 0 Å². The van der Waals surface area contributed by atoms with Gasteiger partial charge in [-0.1, -0.05) is 19.8 Å². The molecule has 2 rings (SSSR count). The highest BCUT2D eigenvalue weighted by atomic mass is 15.2. The van der Waals surface area contributed by atoms with Crippen molar-refractivity contribution in [3.8, 4) is 0 Å². The molecule has 0 spiro atoms. The van der Waals surface area contributed by atoms with Gasteiger partial charge in [0.2, 0.25) is 0 Å². The lowest BCUT2D eigenvalue weighted by atomic mass is 10.0. The van der Waals surface area contributed by atoms with Gasteiger partial charge in [0.25, 0.3) is 0 Å². The van der Waals surface area contributed by atoms with E-state index in [1.807, 2.05) is 7.05 Å². The lowest BCUT2D eigenvalue weighted by Gasteiger charge is -2.36. The van der Waals surface area contributed by atoms with Crippen LogP contribution in [0, 0.1) is 0 Å². The minimum atomic E-state index is 0.675. The lowest BCUT2D eigenvalue weighted by molar-refractivity contribution is 0.147. The zero-order valence-corrected chi connectivity index (χ0v) is 12.6. The molecule has 1 unspecified atom stereocenters. The van der Waals surface area contributed by atoms with Crippen molar-refractivity contribution in [1.82, 2.24) is 15.5 Å². The molecule has 4 heteroatoms. The van der Waals surface area contributed by atoms with E-state index in [4.69, 9.17) is 0 Å². The number of rotatable bonds is 6. The standard InChI is InChI=1S/C15H30N4/c1-3-4-10-19-11-6-5-7-14(19)12-17-15(16-2)18-13-8-9-13/h13-14H,3-12H2,1-2H3,(H2,16,17,18). The van der Waals surface area contributed by atoms with Crippen molar-refractivity contribution >= 4 is 5.96 Å². The Hall–Kier alpha value is -0.770. The molecule has 2 aliphatic rings. The predicted molar refractivity (Wildman–Crippen MR) is 81.6 cm³/mol. The quantitative estimate of drug-likeness (QED) is 0.570. The van der Waals surface area contributed by atoms with Crippen molar-refractivity contribution in [2.75, 3.05) is 26.7 Å². The zero-order chi connectivity index (χ0) is 13.5. The third-order valence-electron chi connectivity index (χ3n) is 4.19. The molecule has 1 aliphatic heterocycles. The molecule has 0 aromatic rings. The maximum absolute atomic E-state index is 4.32. The summed E-state index contributed by atoms with van der Waals surface area (Å²) in [6.45, 7) is 5.85. The predicted octanol–water partition coefficient (Wildman–Crippen LogP) is 1.97. The van der Waals surface area contributed by atoms with E-state index in [-0.39, 0.29) is 0 Å². The van der Waals surface area contributed by atoms with Crippen LogP contribution in [0.1, 0.15) is 51.9 Å². The molecule has 0 radical (unpaired) electrons. The van der Waals surface area contributed by atoms with Gasteiger partial charge in [-0.25, -0.2) is 0 Å². The van der Waals surface area contributed by atoms with Crippen LogP contribution in [0.5, 0.6) is 0 Å². The Kier molecular flexibility index (Phi) is 5.95. The van der Waals surface area contributed by atoms with Gasteiger partial charge in [0, 0.05) is 25.7 Å². The Bertz CT molecular complexity index is 286. The maximum Gasteiger partial charge on any atom is 0.191 e. The highest BCUT2D eigenvalue weighted by Gasteiger charge is 2.24. The van der Waals surface area contributed by atoms with Gasteiger partial charge in [-0.05, 0) is 45.2 Å². The van der Waals surface area contributed by atoms with Crippen molar-refractivity contribution < 1.29 is 0 Å². The third kappa shape index (κ3) is 5.01. The normalized spacial score (nSPS) is 25.4. The minimum absolute atomic E-state index is 0.675. The van der Waals surface area contributed by atoms with Gasteiger partial charge in [0.05, 0.1) is 0 Å². The molecule has 2 fully saturated rings. The van der Waals surface area contributed by atoms with E-state index in [0.29, 0.717) is 12.1 Å². The van der Waals surface area contributed by atoms with Crippen LogP contribution in [-0.2, 0) is 0 Å². The summed E-state index contributed by atoms with van der Waals surface area (Å²) in [4.78, 5) is 6.99. The number of guanidine groups is 1. The molecule has 1 aliphatic carbocycles. The van der Waals surface area contributed by atoms with Gasteiger partial charge in [-0.2, -0.15) is 0 Å². The second-order valence-electron chi connectivity index (χ2n) is 5.91. The summed E-state index contributed by atoms with van der Waals surface area (Å²) in [6, 6.07) is 1.37. The summed E-state index contributed by atoms with van der Waals surface area (Å²) in [6.07, 6.45) is 9.29. The van der Waals surface area contributed by atoms with Gasteiger partial charge < -0.3 is 10.6 Å². The second kappa shape index (κ2) is 7.73. The fourth-order valence-electron chi connectivity index (χ4n) is 2.78. The maximum atomic E-state index is 4.32. The van der Waals surface area contributed by atoms with Crippen LogP contribution in [0.25, 0.3) is 0 Å². The Balaban J connectivity index is 1.74. The van der Waals surface area contributed by atoms with Crippen molar-refractivity contribution in [1.29, 1.82) is 0 Å². The van der Waals surface area contributed by atoms with Gasteiger partial charge in [0.15, 0.2) is 5.96 Å². The van der Waals surface area contributed by atoms with E-state index < -0.39 is 0 Å². The van der Waals surface area contributed by atoms with Gasteiger partial charge >= 0.3 is 0 Å². The van der Waals surface area contributed by atoms with Crippen LogP contribution in [0.3, 0.4) is 0 Å². The summed E-state index contributed by atoms with van der Waals surface area (Å²) < 4.78 is 0. The van der Waals surface area contributed by atoms with E-state index in [0.717, 1.165) is 12.5 Å². The Labute approximate surface area is 118 Å². The monoisotopic (exact) mass is 266 g/mol. The van der Waals surface area contributed by atoms with Gasteiger partial charge in [0.1, 0.15) is 0 Å². The molecule has 0 amide bonds. The molecule has 1 heterocycles. The summed E-state index contributed by atoms with van der Waals surface area (Å²) in [5.74, 6) is 0.989. The average Bonchev–Trinajstić information content (AvgIpc) is 3.26. The second-order valence-corrected chi connectivity index (χ2v) is 5.91. The van der Waals surface area contributed by atoms with Crippen molar-refractivity contribution in [2.24, 2.45) is 4.99 Å². The van der Waals surface area contributed by atoms with Gasteiger partial charge in [-0.15, -0.1) is 0 Å². The molecule has 0 aromatic carbocycles. The first kappa shape index (κ1) is 14.6. The summed E-state index contributed by atoms with van der Waals surface area (Å²) >= 11 is 0. The Morgan fingerprint density at radius 1 is 1.26 bits per heavy atom. The minimum Gasteiger partial charge on any atom is -0.355 e. The number of piperidine rings is 1. The smallest absolute Gasteiger partial charge is 0.191 e. The molecule has 4 nitrogen and oxygen atoms in total.